The zero-order valence-electron chi connectivity index (χ0n) is 16.2. The first-order valence-corrected chi connectivity index (χ1v) is 11.1. The van der Waals surface area contributed by atoms with E-state index in [1.807, 2.05) is 6.07 Å². The Balaban J connectivity index is 1.70. The molecule has 1 aliphatic carbocycles. The summed E-state index contributed by atoms with van der Waals surface area (Å²) in [7, 11) is -0.582. The van der Waals surface area contributed by atoms with Crippen LogP contribution in [0.25, 0.3) is 11.1 Å². The van der Waals surface area contributed by atoms with Gasteiger partial charge in [-0.2, -0.15) is 0 Å². The summed E-state index contributed by atoms with van der Waals surface area (Å²) < 4.78 is 47.3. The van der Waals surface area contributed by atoms with Gasteiger partial charge in [-0.05, 0) is 61.0 Å². The molecule has 9 heteroatoms. The molecule has 1 heterocycles. The monoisotopic (exact) mass is 435 g/mol. The zero-order valence-corrected chi connectivity index (χ0v) is 17.8. The predicted octanol–water partition coefficient (Wildman–Crippen LogP) is 3.98. The number of aromatic nitrogens is 1. The molecular formula is C20H22FN3O3S2. The van der Waals surface area contributed by atoms with E-state index in [1.165, 1.54) is 36.6 Å². The van der Waals surface area contributed by atoms with Gasteiger partial charge in [-0.15, -0.1) is 0 Å². The Morgan fingerprint density at radius 1 is 1.21 bits per heavy atom. The van der Waals surface area contributed by atoms with Crippen LogP contribution < -0.4 is 0 Å². The molecule has 6 nitrogen and oxygen atoms in total. The molecule has 1 aliphatic rings. The third-order valence-electron chi connectivity index (χ3n) is 5.08. The van der Waals surface area contributed by atoms with Gasteiger partial charge >= 0.3 is 0 Å². The van der Waals surface area contributed by atoms with E-state index in [9.17, 15) is 12.8 Å². The van der Waals surface area contributed by atoms with Gasteiger partial charge in [0.05, 0.1) is 17.1 Å². The second-order valence-corrected chi connectivity index (χ2v) is 9.96. The first kappa shape index (κ1) is 20.2. The number of halogens is 1. The van der Waals surface area contributed by atoms with E-state index in [1.54, 1.807) is 22.8 Å². The van der Waals surface area contributed by atoms with Crippen LogP contribution in [-0.4, -0.2) is 42.3 Å². The first-order chi connectivity index (χ1) is 13.8. The molecule has 0 unspecified atom stereocenters. The number of nitrogens with zero attached hydrogens (tertiary/aromatic N) is 3. The standard InChI is InChI=1S/C20H22FN3O3S2/c1-22(2)29(25,26)17-8-9-19-18(11-17)24(20(28)27-19)13-23(16-6-7-16)12-14-4-3-5-15(21)10-14/h3-5,8-11,16H,6-7,12-13H2,1-2H3. The van der Waals surface area contributed by atoms with E-state index < -0.39 is 10.0 Å². The van der Waals surface area contributed by atoms with E-state index in [2.05, 4.69) is 4.90 Å². The molecule has 154 valence electrons. The van der Waals surface area contributed by atoms with Gasteiger partial charge in [0.15, 0.2) is 5.58 Å². The molecular weight excluding hydrogens is 413 g/mol. The van der Waals surface area contributed by atoms with E-state index in [0.29, 0.717) is 30.4 Å². The lowest BCUT2D eigenvalue weighted by molar-refractivity contribution is 0.197. The predicted molar refractivity (Wildman–Crippen MR) is 111 cm³/mol. The Kier molecular flexibility index (Phi) is 5.32. The highest BCUT2D eigenvalue weighted by atomic mass is 32.2. The minimum absolute atomic E-state index is 0.183. The summed E-state index contributed by atoms with van der Waals surface area (Å²) in [6, 6.07) is 11.7. The fourth-order valence-corrected chi connectivity index (χ4v) is 4.50. The second kappa shape index (κ2) is 7.64. The largest absolute Gasteiger partial charge is 0.429 e. The zero-order chi connectivity index (χ0) is 20.8. The number of hydrogen-bond donors (Lipinski definition) is 0. The molecule has 2 aromatic carbocycles. The average Bonchev–Trinajstić information content (AvgIpc) is 3.46. The lowest BCUT2D eigenvalue weighted by Crippen LogP contribution is -2.28. The number of sulfonamides is 1. The Morgan fingerprint density at radius 2 is 1.97 bits per heavy atom. The molecule has 1 aromatic heterocycles. The van der Waals surface area contributed by atoms with Crippen molar-refractivity contribution in [3.8, 4) is 0 Å². The Bertz CT molecular complexity index is 1210. The van der Waals surface area contributed by atoms with Crippen LogP contribution in [0, 0.1) is 10.7 Å². The number of hydrogen-bond acceptors (Lipinski definition) is 5. The van der Waals surface area contributed by atoms with Crippen LogP contribution in [0.2, 0.25) is 0 Å². The highest BCUT2D eigenvalue weighted by Crippen LogP contribution is 2.31. The summed E-state index contributed by atoms with van der Waals surface area (Å²) in [5, 5.41) is 0. The van der Waals surface area contributed by atoms with Gasteiger partial charge in [-0.3, -0.25) is 9.47 Å². The second-order valence-electron chi connectivity index (χ2n) is 7.46. The molecule has 0 radical (unpaired) electrons. The van der Waals surface area contributed by atoms with Gasteiger partial charge in [-0.1, -0.05) is 12.1 Å². The van der Waals surface area contributed by atoms with Crippen LogP contribution in [-0.2, 0) is 23.2 Å². The lowest BCUT2D eigenvalue weighted by atomic mass is 10.2. The molecule has 3 aromatic rings. The van der Waals surface area contributed by atoms with Crippen molar-refractivity contribution >= 4 is 33.3 Å². The fraction of sp³-hybridized carbons (Fsp3) is 0.350. The van der Waals surface area contributed by atoms with E-state index in [4.69, 9.17) is 16.6 Å². The summed E-state index contributed by atoms with van der Waals surface area (Å²) in [6.45, 7) is 1.02. The topological polar surface area (TPSA) is 58.7 Å². The molecule has 1 saturated carbocycles. The molecule has 0 N–H and O–H groups in total. The maximum absolute atomic E-state index is 13.6. The van der Waals surface area contributed by atoms with Crippen molar-refractivity contribution in [3.63, 3.8) is 0 Å². The number of rotatable bonds is 7. The maximum atomic E-state index is 13.6. The fourth-order valence-electron chi connectivity index (χ4n) is 3.33. The molecule has 0 amide bonds. The smallest absolute Gasteiger partial charge is 0.270 e. The molecule has 0 aliphatic heterocycles. The molecule has 0 bridgehead atoms. The summed E-state index contributed by atoms with van der Waals surface area (Å²) in [5.41, 5.74) is 2.05. The Morgan fingerprint density at radius 3 is 2.62 bits per heavy atom. The molecule has 1 fully saturated rings. The summed E-state index contributed by atoms with van der Waals surface area (Å²) in [4.78, 5) is 2.68. The van der Waals surface area contributed by atoms with Crippen LogP contribution in [0.4, 0.5) is 4.39 Å². The van der Waals surface area contributed by atoms with Crippen LogP contribution in [0.15, 0.2) is 51.8 Å². The summed E-state index contributed by atoms with van der Waals surface area (Å²) in [5.74, 6) is -0.262. The summed E-state index contributed by atoms with van der Waals surface area (Å²) in [6.07, 6.45) is 2.14. The minimum Gasteiger partial charge on any atom is -0.429 e. The number of oxazole rings is 1. The van der Waals surface area contributed by atoms with Crippen molar-refractivity contribution in [1.29, 1.82) is 0 Å². The third-order valence-corrected chi connectivity index (χ3v) is 7.19. The Hall–Kier alpha value is -2.07. The van der Waals surface area contributed by atoms with Crippen LogP contribution >= 0.6 is 12.2 Å². The van der Waals surface area contributed by atoms with Crippen molar-refractivity contribution in [2.75, 3.05) is 14.1 Å². The molecule has 0 spiro atoms. The molecule has 29 heavy (non-hydrogen) atoms. The number of fused-ring (bicyclic) bond motifs is 1. The average molecular weight is 436 g/mol. The van der Waals surface area contributed by atoms with E-state index in [0.717, 1.165) is 18.4 Å². The maximum Gasteiger partial charge on any atom is 0.270 e. The highest BCUT2D eigenvalue weighted by molar-refractivity contribution is 7.89. The van der Waals surface area contributed by atoms with Crippen LogP contribution in [0.5, 0.6) is 0 Å². The summed E-state index contributed by atoms with van der Waals surface area (Å²) >= 11 is 5.40. The van der Waals surface area contributed by atoms with Gasteiger partial charge in [0.2, 0.25) is 10.0 Å². The van der Waals surface area contributed by atoms with E-state index >= 15 is 0 Å². The number of benzene rings is 2. The Labute approximate surface area is 174 Å². The van der Waals surface area contributed by atoms with Gasteiger partial charge in [0.1, 0.15) is 5.82 Å². The molecule has 0 atom stereocenters. The highest BCUT2D eigenvalue weighted by Gasteiger charge is 2.30. The molecule has 4 rings (SSSR count). The quantitative estimate of drug-likeness (QED) is 0.526. The SMILES string of the molecule is CN(C)S(=O)(=O)c1ccc2oc(=S)n(CN(Cc3cccc(F)c3)C3CC3)c2c1. The third kappa shape index (κ3) is 4.13. The van der Waals surface area contributed by atoms with Crippen molar-refractivity contribution < 1.29 is 17.2 Å². The van der Waals surface area contributed by atoms with Crippen molar-refractivity contribution in [2.45, 2.75) is 37.0 Å². The van der Waals surface area contributed by atoms with Crippen molar-refractivity contribution in [3.05, 3.63) is 58.7 Å². The van der Waals surface area contributed by atoms with Crippen LogP contribution in [0.3, 0.4) is 0 Å². The van der Waals surface area contributed by atoms with Crippen LogP contribution in [0.1, 0.15) is 18.4 Å². The van der Waals surface area contributed by atoms with Gasteiger partial charge in [0, 0.05) is 26.7 Å². The van der Waals surface area contributed by atoms with Gasteiger partial charge in [-0.25, -0.2) is 17.1 Å². The van der Waals surface area contributed by atoms with Crippen molar-refractivity contribution in [2.24, 2.45) is 0 Å². The minimum atomic E-state index is -3.57. The van der Waals surface area contributed by atoms with E-state index in [-0.39, 0.29) is 15.6 Å². The van der Waals surface area contributed by atoms with Gasteiger partial charge < -0.3 is 4.42 Å². The molecule has 0 saturated heterocycles. The van der Waals surface area contributed by atoms with Crippen molar-refractivity contribution in [1.82, 2.24) is 13.8 Å². The normalized spacial score (nSPS) is 14.9. The van der Waals surface area contributed by atoms with Gasteiger partial charge in [0.25, 0.3) is 4.84 Å². The first-order valence-electron chi connectivity index (χ1n) is 9.30. The lowest BCUT2D eigenvalue weighted by Gasteiger charge is -2.23.